The van der Waals surface area contributed by atoms with Crippen molar-refractivity contribution in [1.29, 1.82) is 0 Å². The fourth-order valence-corrected chi connectivity index (χ4v) is 4.66. The predicted octanol–water partition coefficient (Wildman–Crippen LogP) is 3.44. The van der Waals surface area contributed by atoms with Crippen LogP contribution in [0.25, 0.3) is 0 Å². The van der Waals surface area contributed by atoms with E-state index < -0.39 is 23.8 Å². The number of hydrogen-bond donors (Lipinski definition) is 2. The van der Waals surface area contributed by atoms with E-state index in [1.807, 2.05) is 13.8 Å². The van der Waals surface area contributed by atoms with Crippen molar-refractivity contribution in [1.82, 2.24) is 0 Å². The normalized spacial score (nSPS) is 32.3. The number of carbonyl (C=O) groups is 1. The van der Waals surface area contributed by atoms with Gasteiger partial charge in [0.1, 0.15) is 12.7 Å². The van der Waals surface area contributed by atoms with Crippen LogP contribution in [0.3, 0.4) is 0 Å². The largest absolute Gasteiger partial charge is 0.463 e. The van der Waals surface area contributed by atoms with Gasteiger partial charge in [-0.15, -0.1) is 0 Å². The molecule has 1 saturated heterocycles. The van der Waals surface area contributed by atoms with E-state index in [9.17, 15) is 15.0 Å². The number of ether oxygens (including phenoxy) is 4. The Balaban J connectivity index is 1.62. The number of carbonyl (C=O) groups excluding carboxylic acids is 1. The van der Waals surface area contributed by atoms with Crippen molar-refractivity contribution in [2.24, 2.45) is 5.92 Å². The summed E-state index contributed by atoms with van der Waals surface area (Å²) in [6.07, 6.45) is 8.39. The molecule has 3 fully saturated rings. The molecular weight excluding hydrogens is 388 g/mol. The van der Waals surface area contributed by atoms with Crippen LogP contribution in [0.1, 0.15) is 90.9 Å². The molecule has 0 bridgehead atoms. The van der Waals surface area contributed by atoms with Crippen molar-refractivity contribution in [3.8, 4) is 0 Å². The second kappa shape index (κ2) is 10.7. The van der Waals surface area contributed by atoms with Crippen LogP contribution in [0.15, 0.2) is 0 Å². The molecule has 0 aromatic rings. The average molecular weight is 429 g/mol. The zero-order valence-corrected chi connectivity index (χ0v) is 18.6. The molecule has 2 N–H and O–H groups in total. The molecule has 0 radical (unpaired) electrons. The minimum Gasteiger partial charge on any atom is -0.463 e. The van der Waals surface area contributed by atoms with E-state index in [1.54, 1.807) is 0 Å². The first kappa shape index (κ1) is 23.9. The second-order valence-corrected chi connectivity index (χ2v) is 9.46. The van der Waals surface area contributed by atoms with Gasteiger partial charge in [0.2, 0.25) is 0 Å². The lowest BCUT2D eigenvalue weighted by Gasteiger charge is -2.44. The van der Waals surface area contributed by atoms with Gasteiger partial charge in [0.25, 0.3) is 0 Å². The van der Waals surface area contributed by atoms with E-state index in [1.165, 1.54) is 0 Å². The van der Waals surface area contributed by atoms with E-state index in [0.717, 1.165) is 44.9 Å². The van der Waals surface area contributed by atoms with E-state index in [0.29, 0.717) is 32.1 Å². The molecule has 0 spiro atoms. The van der Waals surface area contributed by atoms with Gasteiger partial charge in [0.15, 0.2) is 11.6 Å². The molecule has 0 aromatic carbocycles. The quantitative estimate of drug-likeness (QED) is 0.452. The maximum absolute atomic E-state index is 12.0. The summed E-state index contributed by atoms with van der Waals surface area (Å²) < 4.78 is 23.7. The molecular formula is C23H40O7. The predicted molar refractivity (Wildman–Crippen MR) is 111 cm³/mol. The van der Waals surface area contributed by atoms with Crippen LogP contribution < -0.4 is 0 Å². The minimum atomic E-state index is -1.16. The first-order valence-electron chi connectivity index (χ1n) is 11.9. The summed E-state index contributed by atoms with van der Waals surface area (Å²) >= 11 is 0. The van der Waals surface area contributed by atoms with Crippen molar-refractivity contribution < 1.29 is 34.0 Å². The van der Waals surface area contributed by atoms with Gasteiger partial charge in [-0.05, 0) is 32.1 Å². The zero-order valence-electron chi connectivity index (χ0n) is 18.6. The van der Waals surface area contributed by atoms with Crippen LogP contribution in [-0.4, -0.2) is 59.3 Å². The highest BCUT2D eigenvalue weighted by Gasteiger charge is 2.44. The topological polar surface area (TPSA) is 94.5 Å². The van der Waals surface area contributed by atoms with Gasteiger partial charge in [-0.3, -0.25) is 4.79 Å². The third-order valence-corrected chi connectivity index (χ3v) is 6.84. The molecule has 4 atom stereocenters. The summed E-state index contributed by atoms with van der Waals surface area (Å²) in [5.74, 6) is -2.67. The fraction of sp³-hybridized carbons (Fsp3) is 0.957. The zero-order chi connectivity index (χ0) is 21.6. The Morgan fingerprint density at radius 3 is 2.03 bits per heavy atom. The summed E-state index contributed by atoms with van der Waals surface area (Å²) in [7, 11) is 0. The average Bonchev–Trinajstić information content (AvgIpc) is 2.73. The lowest BCUT2D eigenvalue weighted by Crippen LogP contribution is -2.54. The molecule has 3 rings (SSSR count). The van der Waals surface area contributed by atoms with Crippen LogP contribution in [0.5, 0.6) is 0 Å². The van der Waals surface area contributed by atoms with Crippen LogP contribution in [0.4, 0.5) is 0 Å². The van der Waals surface area contributed by atoms with E-state index in [-0.39, 0.29) is 31.2 Å². The van der Waals surface area contributed by atoms with Crippen molar-refractivity contribution in [3.63, 3.8) is 0 Å². The maximum atomic E-state index is 12.0. The van der Waals surface area contributed by atoms with E-state index >= 15 is 0 Å². The minimum absolute atomic E-state index is 0.139. The van der Waals surface area contributed by atoms with Crippen LogP contribution in [0.2, 0.25) is 0 Å². The van der Waals surface area contributed by atoms with Crippen molar-refractivity contribution in [2.75, 3.05) is 13.2 Å². The van der Waals surface area contributed by atoms with Crippen molar-refractivity contribution in [2.45, 2.75) is 121 Å². The molecule has 1 heterocycles. The summed E-state index contributed by atoms with van der Waals surface area (Å²) in [6, 6.07) is 0. The summed E-state index contributed by atoms with van der Waals surface area (Å²) in [4.78, 5) is 12.0. The Labute approximate surface area is 180 Å². The summed E-state index contributed by atoms with van der Waals surface area (Å²) in [6.45, 7) is 4.21. The molecule has 2 saturated carbocycles. The lowest BCUT2D eigenvalue weighted by molar-refractivity contribution is -0.324. The number of rotatable bonds is 8. The van der Waals surface area contributed by atoms with Gasteiger partial charge in [-0.2, -0.15) is 0 Å². The molecule has 1 aliphatic heterocycles. The van der Waals surface area contributed by atoms with Gasteiger partial charge in [-0.25, -0.2) is 0 Å². The third-order valence-electron chi connectivity index (χ3n) is 6.84. The van der Waals surface area contributed by atoms with Gasteiger partial charge in [0, 0.05) is 32.1 Å². The maximum Gasteiger partial charge on any atom is 0.308 e. The Hall–Kier alpha value is -0.730. The number of hydrogen-bond acceptors (Lipinski definition) is 7. The highest BCUT2D eigenvalue weighted by atomic mass is 16.7. The Morgan fingerprint density at radius 1 is 0.967 bits per heavy atom. The molecule has 0 amide bonds. The van der Waals surface area contributed by atoms with Gasteiger partial charge in [0.05, 0.1) is 24.7 Å². The van der Waals surface area contributed by atoms with E-state index in [2.05, 4.69) is 0 Å². The molecule has 0 aromatic heterocycles. The monoisotopic (exact) mass is 428 g/mol. The smallest absolute Gasteiger partial charge is 0.308 e. The lowest BCUT2D eigenvalue weighted by atomic mass is 9.92. The van der Waals surface area contributed by atoms with Gasteiger partial charge < -0.3 is 29.2 Å². The van der Waals surface area contributed by atoms with Crippen LogP contribution >= 0.6 is 0 Å². The van der Waals surface area contributed by atoms with Crippen LogP contribution in [-0.2, 0) is 23.7 Å². The highest BCUT2D eigenvalue weighted by molar-refractivity contribution is 5.71. The SMILES string of the molecule is CCC(C)C(=O)OC[C@@H]1C[C@H](OC2(O)CCCCC2)[C@H](OC2(O)CCCCC2)CO1. The second-order valence-electron chi connectivity index (χ2n) is 9.46. The summed E-state index contributed by atoms with van der Waals surface area (Å²) in [5, 5.41) is 21.8. The summed E-state index contributed by atoms with van der Waals surface area (Å²) in [5.41, 5.74) is 0. The van der Waals surface area contributed by atoms with Crippen molar-refractivity contribution >= 4 is 5.97 Å². The molecule has 1 unspecified atom stereocenters. The molecule has 30 heavy (non-hydrogen) atoms. The van der Waals surface area contributed by atoms with E-state index in [4.69, 9.17) is 18.9 Å². The standard InChI is InChI=1S/C23H40O7/c1-3-17(2)21(24)28-15-18-14-19(29-22(25)10-6-4-7-11-22)20(16-27-18)30-23(26)12-8-5-9-13-23/h17-20,25-26H,3-16H2,1-2H3/t17?,18-,19-,20+/m0/s1. The van der Waals surface area contributed by atoms with Crippen LogP contribution in [0, 0.1) is 5.92 Å². The number of aliphatic hydroxyl groups is 2. The first-order chi connectivity index (χ1) is 14.3. The van der Waals surface area contributed by atoms with Gasteiger partial charge >= 0.3 is 5.97 Å². The molecule has 2 aliphatic carbocycles. The highest BCUT2D eigenvalue weighted by Crippen LogP contribution is 2.36. The Morgan fingerprint density at radius 2 is 1.50 bits per heavy atom. The molecule has 174 valence electrons. The molecule has 7 heteroatoms. The fourth-order valence-electron chi connectivity index (χ4n) is 4.66. The molecule has 3 aliphatic rings. The van der Waals surface area contributed by atoms with Crippen molar-refractivity contribution in [3.05, 3.63) is 0 Å². The molecule has 7 nitrogen and oxygen atoms in total. The Bertz CT molecular complexity index is 540. The van der Waals surface area contributed by atoms with Gasteiger partial charge in [-0.1, -0.05) is 26.7 Å². The third kappa shape index (κ3) is 6.63. The Kier molecular flexibility index (Phi) is 8.55. The first-order valence-corrected chi connectivity index (χ1v) is 11.9. The number of esters is 1.